The highest BCUT2D eigenvalue weighted by Gasteiger charge is 2.59. The third kappa shape index (κ3) is 7.73. The van der Waals surface area contributed by atoms with Crippen LogP contribution in [0.25, 0.3) is 0 Å². The monoisotopic (exact) mass is 687 g/mol. The number of fused-ring (bicyclic) bond motifs is 1. The van der Waals surface area contributed by atoms with Crippen LogP contribution < -0.4 is 4.74 Å². The van der Waals surface area contributed by atoms with Gasteiger partial charge in [-0.3, -0.25) is 19.7 Å². The maximum atomic E-state index is 13.5. The molecular formula is C37H38ClN3O8. The van der Waals surface area contributed by atoms with Crippen LogP contribution in [0.4, 0.5) is 5.69 Å². The van der Waals surface area contributed by atoms with Crippen LogP contribution in [0.2, 0.25) is 5.02 Å². The van der Waals surface area contributed by atoms with Crippen LogP contribution in [0.1, 0.15) is 59.9 Å². The smallest absolute Gasteiger partial charge is 0.362 e. The second-order valence-corrected chi connectivity index (χ2v) is 13.2. The molecule has 3 aromatic carbocycles. The number of hydrogen-bond acceptors (Lipinski definition) is 9. The predicted octanol–water partition coefficient (Wildman–Crippen LogP) is 6.49. The van der Waals surface area contributed by atoms with Gasteiger partial charge < -0.3 is 19.3 Å². The number of likely N-dealkylation sites (N-methyl/N-ethyl adjacent to an activating group) is 1. The van der Waals surface area contributed by atoms with Crippen LogP contribution in [-0.2, 0) is 20.9 Å². The van der Waals surface area contributed by atoms with Gasteiger partial charge in [0, 0.05) is 36.6 Å². The van der Waals surface area contributed by atoms with Crippen LogP contribution in [-0.4, -0.2) is 64.5 Å². The Labute approximate surface area is 289 Å². The number of hydrogen-bond donors (Lipinski definition) is 0. The number of nitro groups is 1. The first-order chi connectivity index (χ1) is 23.4. The van der Waals surface area contributed by atoms with Crippen LogP contribution >= 0.6 is 11.6 Å². The molecule has 3 atom stereocenters. The van der Waals surface area contributed by atoms with Crippen molar-refractivity contribution in [3.63, 3.8) is 0 Å². The van der Waals surface area contributed by atoms with E-state index in [0.717, 1.165) is 17.7 Å². The highest BCUT2D eigenvalue weighted by Crippen LogP contribution is 2.48. The van der Waals surface area contributed by atoms with E-state index in [1.54, 1.807) is 18.2 Å². The summed E-state index contributed by atoms with van der Waals surface area (Å²) < 4.78 is 11.0. The quantitative estimate of drug-likeness (QED) is 0.0465. The molecule has 1 saturated heterocycles. The minimum Gasteiger partial charge on any atom is -0.489 e. The number of nitro benzene ring substituents is 1. The molecule has 0 spiro atoms. The molecule has 0 radical (unpaired) electrons. The maximum Gasteiger partial charge on any atom is 0.362 e. The number of rotatable bonds is 14. The third-order valence-corrected chi connectivity index (χ3v) is 9.39. The molecule has 0 aromatic heterocycles. The van der Waals surface area contributed by atoms with Crippen molar-refractivity contribution in [2.75, 3.05) is 20.1 Å². The van der Waals surface area contributed by atoms with Crippen molar-refractivity contribution < 1.29 is 33.6 Å². The minimum atomic E-state index is -0.974. The SMILES string of the molecule is CC(C)[C@H]1C(=O)N2C(C(=O)OC(=O)c3ccc([N+](=O)[O-])cc3)=C(CN(C)CCCC(=O)c3ccc(OCc4ccccc4)cc3Cl)[C@H](C)[C@H]12. The standard InChI is InChI=1S/C37H38ClN3O8/c1-22(2)32-33-23(3)29(34(40(33)35(32)43)37(45)49-36(44)25-12-14-26(15-13-25)41(46)47)20-39(4)18-8-11-31(42)28-17-16-27(19-30(28)38)48-21-24-9-6-5-7-10-24/h5-7,9-10,12-17,19,22-23,32-33H,8,11,18,20-21H2,1-4H3/t23-,32+,33+/m0/s1. The topological polar surface area (TPSA) is 136 Å². The number of carbonyl (C=O) groups is 4. The number of carbonyl (C=O) groups excluding carboxylic acids is 4. The molecular weight excluding hydrogens is 650 g/mol. The number of halogens is 1. The van der Waals surface area contributed by atoms with Gasteiger partial charge in [0.15, 0.2) is 5.78 Å². The van der Waals surface area contributed by atoms with E-state index in [-0.39, 0.29) is 58.9 Å². The molecule has 49 heavy (non-hydrogen) atoms. The highest BCUT2D eigenvalue weighted by atomic mass is 35.5. The third-order valence-electron chi connectivity index (χ3n) is 9.08. The zero-order valence-electron chi connectivity index (χ0n) is 27.8. The van der Waals surface area contributed by atoms with Crippen molar-refractivity contribution in [2.24, 2.45) is 17.8 Å². The molecule has 11 nitrogen and oxygen atoms in total. The van der Waals surface area contributed by atoms with Gasteiger partial charge in [0.25, 0.3) is 5.69 Å². The lowest BCUT2D eigenvalue weighted by molar-refractivity contribution is -0.384. The molecule has 2 aliphatic rings. The number of benzene rings is 3. The van der Waals surface area contributed by atoms with Gasteiger partial charge in [-0.1, -0.05) is 62.7 Å². The lowest BCUT2D eigenvalue weighted by Crippen LogP contribution is -2.62. The Hall–Kier alpha value is -4.87. The van der Waals surface area contributed by atoms with Crippen molar-refractivity contribution in [1.82, 2.24) is 9.80 Å². The molecule has 3 aromatic rings. The summed E-state index contributed by atoms with van der Waals surface area (Å²) in [5, 5.41) is 11.3. The van der Waals surface area contributed by atoms with Crippen molar-refractivity contribution in [1.29, 1.82) is 0 Å². The Kier molecular flexibility index (Phi) is 10.9. The molecule has 0 aliphatic carbocycles. The second kappa shape index (κ2) is 15.1. The molecule has 1 fully saturated rings. The summed E-state index contributed by atoms with van der Waals surface area (Å²) >= 11 is 6.45. The molecule has 0 N–H and O–H groups in total. The fourth-order valence-corrected chi connectivity index (χ4v) is 6.78. The second-order valence-electron chi connectivity index (χ2n) is 12.8. The summed E-state index contributed by atoms with van der Waals surface area (Å²) in [4.78, 5) is 66.4. The number of ether oxygens (including phenoxy) is 2. The number of β-lactam (4-membered cyclic amide) rings is 1. The highest BCUT2D eigenvalue weighted by molar-refractivity contribution is 6.34. The van der Waals surface area contributed by atoms with Gasteiger partial charge in [0.2, 0.25) is 5.91 Å². The van der Waals surface area contributed by atoms with Crippen LogP contribution in [0.3, 0.4) is 0 Å². The van der Waals surface area contributed by atoms with E-state index < -0.39 is 16.9 Å². The zero-order valence-corrected chi connectivity index (χ0v) is 28.5. The van der Waals surface area contributed by atoms with Gasteiger partial charge in [-0.2, -0.15) is 0 Å². The van der Waals surface area contributed by atoms with E-state index in [2.05, 4.69) is 0 Å². The van der Waals surface area contributed by atoms with Crippen LogP contribution in [0.15, 0.2) is 84.1 Å². The molecule has 2 aliphatic heterocycles. The Morgan fingerprint density at radius 3 is 2.35 bits per heavy atom. The van der Waals surface area contributed by atoms with Gasteiger partial charge in [0.05, 0.1) is 27.5 Å². The van der Waals surface area contributed by atoms with E-state index in [1.165, 1.54) is 17.0 Å². The van der Waals surface area contributed by atoms with Gasteiger partial charge in [-0.25, -0.2) is 9.59 Å². The van der Waals surface area contributed by atoms with Gasteiger partial charge in [-0.15, -0.1) is 0 Å². The molecule has 5 rings (SSSR count). The van der Waals surface area contributed by atoms with Gasteiger partial charge in [0.1, 0.15) is 18.1 Å². The predicted molar refractivity (Wildman–Crippen MR) is 182 cm³/mol. The zero-order chi connectivity index (χ0) is 35.4. The first-order valence-electron chi connectivity index (χ1n) is 16.1. The number of nitrogens with zero attached hydrogens (tertiary/aromatic N) is 3. The Morgan fingerprint density at radius 1 is 1.02 bits per heavy atom. The van der Waals surface area contributed by atoms with E-state index in [1.807, 2.05) is 63.1 Å². The van der Waals surface area contributed by atoms with Crippen molar-refractivity contribution in [2.45, 2.75) is 46.3 Å². The average Bonchev–Trinajstić information content (AvgIpc) is 3.31. The molecule has 12 heteroatoms. The minimum absolute atomic E-state index is 0.0325. The Balaban J connectivity index is 1.22. The van der Waals surface area contributed by atoms with Crippen molar-refractivity contribution in [3.05, 3.63) is 116 Å². The van der Waals surface area contributed by atoms with Crippen molar-refractivity contribution >= 4 is 40.9 Å². The summed E-state index contributed by atoms with van der Waals surface area (Å²) in [6.07, 6.45) is 0.753. The van der Waals surface area contributed by atoms with Crippen LogP contribution in [0.5, 0.6) is 5.75 Å². The average molecular weight is 688 g/mol. The molecule has 0 unspecified atom stereocenters. The summed E-state index contributed by atoms with van der Waals surface area (Å²) in [6, 6.07) is 19.2. The molecule has 2 heterocycles. The number of Topliss-reactive ketones (excluding diaryl/α,β-unsaturated/α-hetero) is 1. The van der Waals surface area contributed by atoms with E-state index >= 15 is 0 Å². The number of amides is 1. The fourth-order valence-electron chi connectivity index (χ4n) is 6.51. The largest absolute Gasteiger partial charge is 0.489 e. The molecule has 1 amide bonds. The summed E-state index contributed by atoms with van der Waals surface area (Å²) in [5.74, 6) is -2.06. The maximum absolute atomic E-state index is 13.5. The molecule has 256 valence electrons. The Morgan fingerprint density at radius 2 is 1.71 bits per heavy atom. The summed E-state index contributed by atoms with van der Waals surface area (Å²) in [7, 11) is 1.86. The van der Waals surface area contributed by atoms with E-state index in [0.29, 0.717) is 48.0 Å². The normalized spacial score (nSPS) is 18.4. The molecule has 0 saturated carbocycles. The lowest BCUT2D eigenvalue weighted by atomic mass is 9.74. The number of ketones is 1. The van der Waals surface area contributed by atoms with E-state index in [4.69, 9.17) is 21.1 Å². The summed E-state index contributed by atoms with van der Waals surface area (Å²) in [5.41, 5.74) is 1.91. The van der Waals surface area contributed by atoms with Crippen LogP contribution in [0, 0.1) is 27.9 Å². The van der Waals surface area contributed by atoms with Gasteiger partial charge >= 0.3 is 11.9 Å². The molecule has 0 bridgehead atoms. The van der Waals surface area contributed by atoms with E-state index in [9.17, 15) is 29.3 Å². The van der Waals surface area contributed by atoms with Crippen molar-refractivity contribution in [3.8, 4) is 5.75 Å². The van der Waals surface area contributed by atoms with Gasteiger partial charge in [-0.05, 0) is 67.4 Å². The number of non-ortho nitro benzene ring substituents is 1. The lowest BCUT2D eigenvalue weighted by Gasteiger charge is -2.47. The number of esters is 2. The first kappa shape index (κ1) is 35.4. The Bertz CT molecular complexity index is 1790. The fraction of sp³-hybridized carbons (Fsp3) is 0.351. The first-order valence-corrected chi connectivity index (χ1v) is 16.5. The summed E-state index contributed by atoms with van der Waals surface area (Å²) in [6.45, 7) is 7.08.